The SMILES string of the molecule is O=C(N[C@@H](Cc1ccc(O)c(OCc2ccccc2)c1)C(=O)N[C@@H](Cc1ccc(OCc2ccccc2)cc1)C(=O)OCc1ccccc1)OCc1ccccc1. The summed E-state index contributed by atoms with van der Waals surface area (Å²) in [6.07, 6.45) is -0.749. The average Bonchev–Trinajstić information content (AvgIpc) is 3.25. The first-order valence-electron chi connectivity index (χ1n) is 18.6. The predicted molar refractivity (Wildman–Crippen MR) is 215 cm³/mol. The second kappa shape index (κ2) is 20.6. The largest absolute Gasteiger partial charge is 0.504 e. The van der Waals surface area contributed by atoms with E-state index >= 15 is 0 Å². The number of esters is 1. The fourth-order valence-corrected chi connectivity index (χ4v) is 5.88. The molecule has 0 aliphatic carbocycles. The summed E-state index contributed by atoms with van der Waals surface area (Å²) in [6, 6.07) is 47.4. The van der Waals surface area contributed by atoms with Crippen LogP contribution in [-0.4, -0.2) is 35.2 Å². The zero-order valence-electron chi connectivity index (χ0n) is 31.3. The third kappa shape index (κ3) is 12.8. The molecule has 0 unspecified atom stereocenters. The number of ether oxygens (including phenoxy) is 4. The molecule has 0 bridgehead atoms. The minimum absolute atomic E-state index is 0.00502. The number of amides is 2. The van der Waals surface area contributed by atoms with Gasteiger partial charge in [-0.1, -0.05) is 140 Å². The lowest BCUT2D eigenvalue weighted by Gasteiger charge is -2.23. The monoisotopic (exact) mass is 764 g/mol. The molecule has 0 saturated carbocycles. The van der Waals surface area contributed by atoms with E-state index in [4.69, 9.17) is 18.9 Å². The summed E-state index contributed by atoms with van der Waals surface area (Å²) in [4.78, 5) is 41.0. The molecule has 2 atom stereocenters. The van der Waals surface area contributed by atoms with Crippen molar-refractivity contribution in [3.8, 4) is 17.2 Å². The number of carbonyl (C=O) groups excluding carboxylic acids is 3. The van der Waals surface area contributed by atoms with Crippen LogP contribution in [0.4, 0.5) is 4.79 Å². The highest BCUT2D eigenvalue weighted by molar-refractivity contribution is 5.90. The van der Waals surface area contributed by atoms with Gasteiger partial charge in [-0.15, -0.1) is 0 Å². The zero-order chi connectivity index (χ0) is 39.7. The molecule has 10 heteroatoms. The average molecular weight is 765 g/mol. The number of phenols is 1. The Hall–Kier alpha value is -7.07. The normalized spacial score (nSPS) is 11.7. The van der Waals surface area contributed by atoms with Gasteiger partial charge in [0.15, 0.2) is 11.5 Å². The number of benzene rings is 6. The number of carbonyl (C=O) groups is 3. The van der Waals surface area contributed by atoms with Gasteiger partial charge in [-0.3, -0.25) is 4.79 Å². The van der Waals surface area contributed by atoms with Crippen molar-refractivity contribution >= 4 is 18.0 Å². The summed E-state index contributed by atoms with van der Waals surface area (Å²) in [5.74, 6) is -0.516. The van der Waals surface area contributed by atoms with Crippen LogP contribution in [0.25, 0.3) is 0 Å². The van der Waals surface area contributed by atoms with Gasteiger partial charge in [0.25, 0.3) is 0 Å². The zero-order valence-corrected chi connectivity index (χ0v) is 31.3. The fraction of sp³-hybridized carbons (Fsp3) is 0.170. The fourth-order valence-electron chi connectivity index (χ4n) is 5.88. The van der Waals surface area contributed by atoms with E-state index < -0.39 is 30.1 Å². The smallest absolute Gasteiger partial charge is 0.408 e. The Morgan fingerprint density at radius 3 is 1.51 bits per heavy atom. The summed E-state index contributed by atoms with van der Waals surface area (Å²) < 4.78 is 23.0. The Bertz CT molecular complexity index is 2170. The van der Waals surface area contributed by atoms with Gasteiger partial charge in [0.05, 0.1) is 0 Å². The summed E-state index contributed by atoms with van der Waals surface area (Å²) >= 11 is 0. The molecule has 6 aromatic rings. The van der Waals surface area contributed by atoms with E-state index in [2.05, 4.69) is 10.6 Å². The maximum Gasteiger partial charge on any atom is 0.408 e. The standard InChI is InChI=1S/C47H44N2O8/c50-43-26-23-39(29-44(43)55-31-36-15-7-2-8-16-36)28-41(49-47(53)57-33-38-19-11-4-12-20-38)45(51)48-42(46(52)56-32-37-17-9-3-10-18-37)27-34-21-24-40(25-22-34)54-30-35-13-5-1-6-14-35/h1-26,29,41-42,50H,27-28,30-33H2,(H,48,51)(H,49,53)/t41-,42-/m0/s1. The first-order chi connectivity index (χ1) is 27.9. The molecule has 6 aromatic carbocycles. The van der Waals surface area contributed by atoms with Gasteiger partial charge >= 0.3 is 12.1 Å². The number of hydrogen-bond acceptors (Lipinski definition) is 8. The highest BCUT2D eigenvalue weighted by Gasteiger charge is 2.29. The van der Waals surface area contributed by atoms with E-state index in [9.17, 15) is 19.5 Å². The van der Waals surface area contributed by atoms with Crippen LogP contribution in [0.2, 0.25) is 0 Å². The Morgan fingerprint density at radius 2 is 0.947 bits per heavy atom. The Balaban J connectivity index is 1.19. The highest BCUT2D eigenvalue weighted by atomic mass is 16.5. The van der Waals surface area contributed by atoms with Gasteiger partial charge in [-0.2, -0.15) is 0 Å². The van der Waals surface area contributed by atoms with Crippen LogP contribution in [0.15, 0.2) is 164 Å². The van der Waals surface area contributed by atoms with Crippen molar-refractivity contribution in [2.75, 3.05) is 0 Å². The highest BCUT2D eigenvalue weighted by Crippen LogP contribution is 2.28. The quantitative estimate of drug-likeness (QED) is 0.0755. The lowest BCUT2D eigenvalue weighted by Crippen LogP contribution is -2.53. The van der Waals surface area contributed by atoms with Gasteiger partial charge in [-0.05, 0) is 57.6 Å². The van der Waals surface area contributed by atoms with Crippen molar-refractivity contribution < 1.29 is 38.4 Å². The van der Waals surface area contributed by atoms with Crippen LogP contribution in [0.1, 0.15) is 33.4 Å². The molecular formula is C47H44N2O8. The van der Waals surface area contributed by atoms with Gasteiger partial charge < -0.3 is 34.7 Å². The molecule has 6 rings (SSSR count). The van der Waals surface area contributed by atoms with Crippen LogP contribution >= 0.6 is 0 Å². The second-order valence-corrected chi connectivity index (χ2v) is 13.3. The number of rotatable bonds is 18. The van der Waals surface area contributed by atoms with E-state index in [1.165, 1.54) is 6.07 Å². The van der Waals surface area contributed by atoms with E-state index in [1.807, 2.05) is 146 Å². The molecular weight excluding hydrogens is 721 g/mol. The van der Waals surface area contributed by atoms with Gasteiger partial charge in [-0.25, -0.2) is 9.59 Å². The van der Waals surface area contributed by atoms with Crippen molar-refractivity contribution in [3.63, 3.8) is 0 Å². The van der Waals surface area contributed by atoms with Gasteiger partial charge in [0.1, 0.15) is 44.3 Å². The molecule has 0 aromatic heterocycles. The maximum atomic E-state index is 14.2. The van der Waals surface area contributed by atoms with Crippen molar-refractivity contribution in [3.05, 3.63) is 197 Å². The second-order valence-electron chi connectivity index (χ2n) is 13.3. The summed E-state index contributed by atoms with van der Waals surface area (Å²) in [6.45, 7) is 0.593. The molecule has 290 valence electrons. The van der Waals surface area contributed by atoms with Crippen molar-refractivity contribution in [1.29, 1.82) is 0 Å². The van der Waals surface area contributed by atoms with Gasteiger partial charge in [0, 0.05) is 12.8 Å². The van der Waals surface area contributed by atoms with E-state index in [-0.39, 0.29) is 44.2 Å². The molecule has 0 radical (unpaired) electrons. The number of aromatic hydroxyl groups is 1. The molecule has 0 aliphatic rings. The number of phenolic OH excluding ortho intramolecular Hbond substituents is 1. The number of hydrogen-bond donors (Lipinski definition) is 3. The molecule has 57 heavy (non-hydrogen) atoms. The lowest BCUT2D eigenvalue weighted by molar-refractivity contribution is -0.149. The molecule has 3 N–H and O–H groups in total. The molecule has 0 aliphatic heterocycles. The topological polar surface area (TPSA) is 132 Å². The molecule has 0 fully saturated rings. The summed E-state index contributed by atoms with van der Waals surface area (Å²) in [5.41, 5.74) is 4.81. The summed E-state index contributed by atoms with van der Waals surface area (Å²) in [7, 11) is 0. The van der Waals surface area contributed by atoms with Crippen molar-refractivity contribution in [2.45, 2.75) is 51.4 Å². The van der Waals surface area contributed by atoms with Crippen molar-refractivity contribution in [2.24, 2.45) is 0 Å². The van der Waals surface area contributed by atoms with Crippen molar-refractivity contribution in [1.82, 2.24) is 10.6 Å². The molecule has 0 saturated heterocycles. The minimum atomic E-state index is -1.20. The molecule has 2 amide bonds. The van der Waals surface area contributed by atoms with Crippen LogP contribution in [-0.2, 0) is 58.3 Å². The Kier molecular flexibility index (Phi) is 14.3. The third-order valence-electron chi connectivity index (χ3n) is 8.96. The molecule has 0 heterocycles. The van der Waals surface area contributed by atoms with E-state index in [1.54, 1.807) is 12.1 Å². The first-order valence-corrected chi connectivity index (χ1v) is 18.6. The van der Waals surface area contributed by atoms with Crippen LogP contribution in [0.3, 0.4) is 0 Å². The third-order valence-corrected chi connectivity index (χ3v) is 8.96. The Labute approximate surface area is 332 Å². The van der Waals surface area contributed by atoms with Crippen LogP contribution in [0, 0.1) is 0 Å². The minimum Gasteiger partial charge on any atom is -0.504 e. The molecule has 10 nitrogen and oxygen atoms in total. The lowest BCUT2D eigenvalue weighted by atomic mass is 10.0. The van der Waals surface area contributed by atoms with E-state index in [0.717, 1.165) is 27.8 Å². The first kappa shape index (κ1) is 39.6. The number of alkyl carbamates (subject to hydrolysis) is 1. The number of nitrogens with one attached hydrogen (secondary N) is 2. The van der Waals surface area contributed by atoms with Crippen LogP contribution < -0.4 is 20.1 Å². The predicted octanol–water partition coefficient (Wildman–Crippen LogP) is 7.86. The van der Waals surface area contributed by atoms with Crippen LogP contribution in [0.5, 0.6) is 17.2 Å². The molecule has 0 spiro atoms. The maximum absolute atomic E-state index is 14.2. The van der Waals surface area contributed by atoms with Gasteiger partial charge in [0.2, 0.25) is 5.91 Å². The van der Waals surface area contributed by atoms with E-state index in [0.29, 0.717) is 17.9 Å². The Morgan fingerprint density at radius 1 is 0.474 bits per heavy atom. The summed E-state index contributed by atoms with van der Waals surface area (Å²) in [5, 5.41) is 16.1.